The third-order valence-electron chi connectivity index (χ3n) is 3.31. The van der Waals surface area contributed by atoms with Crippen molar-refractivity contribution in [2.75, 3.05) is 10.6 Å². The first kappa shape index (κ1) is 17.2. The second kappa shape index (κ2) is 7.51. The maximum atomic E-state index is 13.2. The number of anilines is 3. The summed E-state index contributed by atoms with van der Waals surface area (Å²) in [6.07, 6.45) is 3.00. The zero-order chi connectivity index (χ0) is 17.8. The molecule has 0 unspecified atom stereocenters. The number of nitrogens with zero attached hydrogens (tertiary/aromatic N) is 1. The van der Waals surface area contributed by atoms with Gasteiger partial charge >= 0.3 is 0 Å². The molecular formula is C18H12Cl2FN3O. The molecule has 2 N–H and O–H groups in total. The Labute approximate surface area is 153 Å². The van der Waals surface area contributed by atoms with Crippen molar-refractivity contribution in [1.29, 1.82) is 0 Å². The number of pyridine rings is 1. The Kier molecular flexibility index (Phi) is 5.16. The predicted octanol–water partition coefficient (Wildman–Crippen LogP) is 5.52. The molecule has 0 aliphatic carbocycles. The lowest BCUT2D eigenvalue weighted by Gasteiger charge is -2.09. The Morgan fingerprint density at radius 3 is 2.36 bits per heavy atom. The summed E-state index contributed by atoms with van der Waals surface area (Å²) in [7, 11) is 0. The minimum atomic E-state index is -0.499. The van der Waals surface area contributed by atoms with Crippen LogP contribution in [0, 0.1) is 5.82 Å². The summed E-state index contributed by atoms with van der Waals surface area (Å²) in [4.78, 5) is 16.4. The van der Waals surface area contributed by atoms with Crippen molar-refractivity contribution in [3.8, 4) is 0 Å². The molecule has 3 rings (SSSR count). The summed E-state index contributed by atoms with van der Waals surface area (Å²) in [5, 5.41) is 6.38. The monoisotopic (exact) mass is 375 g/mol. The van der Waals surface area contributed by atoms with Crippen molar-refractivity contribution >= 4 is 46.2 Å². The highest BCUT2D eigenvalue weighted by Gasteiger charge is 2.08. The second-order valence-corrected chi connectivity index (χ2v) is 6.02. The molecule has 0 aliphatic heterocycles. The van der Waals surface area contributed by atoms with Crippen molar-refractivity contribution in [3.63, 3.8) is 0 Å². The molecule has 0 saturated carbocycles. The number of aromatic nitrogens is 1. The van der Waals surface area contributed by atoms with Crippen molar-refractivity contribution in [2.24, 2.45) is 0 Å². The fraction of sp³-hybridized carbons (Fsp3) is 0. The highest BCUT2D eigenvalue weighted by atomic mass is 35.5. The molecule has 25 heavy (non-hydrogen) atoms. The smallest absolute Gasteiger partial charge is 0.257 e. The van der Waals surface area contributed by atoms with E-state index in [1.54, 1.807) is 42.6 Å². The zero-order valence-electron chi connectivity index (χ0n) is 12.8. The van der Waals surface area contributed by atoms with Crippen LogP contribution in [0.4, 0.5) is 21.5 Å². The van der Waals surface area contributed by atoms with E-state index >= 15 is 0 Å². The first-order chi connectivity index (χ1) is 12.0. The van der Waals surface area contributed by atoms with Crippen molar-refractivity contribution in [1.82, 2.24) is 4.98 Å². The van der Waals surface area contributed by atoms with Gasteiger partial charge in [-0.05, 0) is 48.5 Å². The fourth-order valence-electron chi connectivity index (χ4n) is 2.11. The molecular weight excluding hydrogens is 364 g/mol. The van der Waals surface area contributed by atoms with E-state index in [0.717, 1.165) is 0 Å². The van der Waals surface area contributed by atoms with Crippen LogP contribution in [0.2, 0.25) is 10.0 Å². The number of rotatable bonds is 4. The SMILES string of the molecule is O=C(Nc1ccc(Cl)cc1)c1cncc(Nc2ccc(F)c(Cl)c2)c1. The maximum Gasteiger partial charge on any atom is 0.257 e. The Bertz CT molecular complexity index is 916. The molecule has 0 saturated heterocycles. The number of hydrogen-bond donors (Lipinski definition) is 2. The van der Waals surface area contributed by atoms with Gasteiger partial charge in [0.15, 0.2) is 0 Å². The number of hydrogen-bond acceptors (Lipinski definition) is 3. The number of benzene rings is 2. The Hall–Kier alpha value is -2.63. The van der Waals surface area contributed by atoms with Crippen LogP contribution < -0.4 is 10.6 Å². The summed E-state index contributed by atoms with van der Waals surface area (Å²) in [5.74, 6) is -0.808. The lowest BCUT2D eigenvalue weighted by molar-refractivity contribution is 0.102. The van der Waals surface area contributed by atoms with Gasteiger partial charge in [-0.2, -0.15) is 0 Å². The van der Waals surface area contributed by atoms with E-state index in [1.807, 2.05) is 0 Å². The fourth-order valence-corrected chi connectivity index (χ4v) is 2.42. The van der Waals surface area contributed by atoms with Gasteiger partial charge in [-0.1, -0.05) is 23.2 Å². The quantitative estimate of drug-likeness (QED) is 0.630. The molecule has 0 aliphatic rings. The molecule has 0 radical (unpaired) electrons. The van der Waals surface area contributed by atoms with E-state index in [1.165, 1.54) is 18.3 Å². The van der Waals surface area contributed by atoms with Crippen LogP contribution >= 0.6 is 23.2 Å². The Morgan fingerprint density at radius 1 is 0.920 bits per heavy atom. The standard InChI is InChI=1S/C18H12Cl2FN3O/c19-12-1-3-13(4-2-12)24-18(25)11-7-15(10-22-9-11)23-14-5-6-17(21)16(20)8-14/h1-10,23H,(H,24,25). The van der Waals surface area contributed by atoms with Gasteiger partial charge in [-0.3, -0.25) is 9.78 Å². The van der Waals surface area contributed by atoms with Crippen molar-refractivity contribution in [2.45, 2.75) is 0 Å². The van der Waals surface area contributed by atoms with E-state index in [9.17, 15) is 9.18 Å². The van der Waals surface area contributed by atoms with Crippen LogP contribution in [-0.4, -0.2) is 10.9 Å². The molecule has 7 heteroatoms. The van der Waals surface area contributed by atoms with Crippen LogP contribution in [-0.2, 0) is 0 Å². The van der Waals surface area contributed by atoms with Gasteiger partial charge in [0, 0.05) is 22.6 Å². The van der Waals surface area contributed by atoms with E-state index in [2.05, 4.69) is 15.6 Å². The molecule has 1 heterocycles. The van der Waals surface area contributed by atoms with Gasteiger partial charge in [0.2, 0.25) is 0 Å². The van der Waals surface area contributed by atoms with E-state index in [-0.39, 0.29) is 10.9 Å². The summed E-state index contributed by atoms with van der Waals surface area (Å²) in [6.45, 7) is 0. The molecule has 1 amide bonds. The number of amides is 1. The van der Waals surface area contributed by atoms with Crippen LogP contribution in [0.25, 0.3) is 0 Å². The number of carbonyl (C=O) groups excluding carboxylic acids is 1. The lowest BCUT2D eigenvalue weighted by Crippen LogP contribution is -2.12. The Morgan fingerprint density at radius 2 is 1.64 bits per heavy atom. The van der Waals surface area contributed by atoms with Crippen LogP contribution in [0.15, 0.2) is 60.9 Å². The molecule has 0 fully saturated rings. The molecule has 4 nitrogen and oxygen atoms in total. The first-order valence-electron chi connectivity index (χ1n) is 7.25. The van der Waals surface area contributed by atoms with Gasteiger partial charge in [0.25, 0.3) is 5.91 Å². The van der Waals surface area contributed by atoms with Crippen LogP contribution in [0.3, 0.4) is 0 Å². The summed E-state index contributed by atoms with van der Waals surface area (Å²) in [5.41, 5.74) is 2.15. The topological polar surface area (TPSA) is 54.0 Å². The number of nitrogens with one attached hydrogen (secondary N) is 2. The van der Waals surface area contributed by atoms with E-state index in [0.29, 0.717) is 27.6 Å². The number of halogens is 3. The second-order valence-electron chi connectivity index (χ2n) is 5.18. The van der Waals surface area contributed by atoms with Gasteiger partial charge in [0.1, 0.15) is 5.82 Å². The minimum absolute atomic E-state index is 0.00888. The molecule has 126 valence electrons. The average Bonchev–Trinajstić information content (AvgIpc) is 2.60. The molecule has 0 spiro atoms. The van der Waals surface area contributed by atoms with Crippen molar-refractivity contribution < 1.29 is 9.18 Å². The molecule has 0 bridgehead atoms. The van der Waals surface area contributed by atoms with Crippen molar-refractivity contribution in [3.05, 3.63) is 82.4 Å². The maximum absolute atomic E-state index is 13.2. The largest absolute Gasteiger partial charge is 0.354 e. The van der Waals surface area contributed by atoms with E-state index < -0.39 is 5.82 Å². The molecule has 1 aromatic heterocycles. The molecule has 0 atom stereocenters. The number of carbonyl (C=O) groups is 1. The minimum Gasteiger partial charge on any atom is -0.354 e. The summed E-state index contributed by atoms with van der Waals surface area (Å²) in [6, 6.07) is 12.7. The zero-order valence-corrected chi connectivity index (χ0v) is 14.3. The van der Waals surface area contributed by atoms with Gasteiger partial charge in [-0.25, -0.2) is 4.39 Å². The van der Waals surface area contributed by atoms with Crippen LogP contribution in [0.5, 0.6) is 0 Å². The normalized spacial score (nSPS) is 10.4. The lowest BCUT2D eigenvalue weighted by atomic mass is 10.2. The predicted molar refractivity (Wildman–Crippen MR) is 98.3 cm³/mol. The van der Waals surface area contributed by atoms with Crippen LogP contribution in [0.1, 0.15) is 10.4 Å². The first-order valence-corrected chi connectivity index (χ1v) is 8.01. The van der Waals surface area contributed by atoms with Gasteiger partial charge in [-0.15, -0.1) is 0 Å². The highest BCUT2D eigenvalue weighted by Crippen LogP contribution is 2.23. The summed E-state index contributed by atoms with van der Waals surface area (Å²) >= 11 is 11.6. The van der Waals surface area contributed by atoms with E-state index in [4.69, 9.17) is 23.2 Å². The Balaban J connectivity index is 1.75. The molecule has 3 aromatic rings. The average molecular weight is 376 g/mol. The summed E-state index contributed by atoms with van der Waals surface area (Å²) < 4.78 is 13.2. The molecule has 2 aromatic carbocycles. The van der Waals surface area contributed by atoms with Gasteiger partial charge in [0.05, 0.1) is 22.5 Å². The third kappa shape index (κ3) is 4.47. The third-order valence-corrected chi connectivity index (χ3v) is 3.85. The highest BCUT2D eigenvalue weighted by molar-refractivity contribution is 6.31. The van der Waals surface area contributed by atoms with Gasteiger partial charge < -0.3 is 10.6 Å².